The monoisotopic (exact) mass is 265 g/mol. The number of phenols is 1. The van der Waals surface area contributed by atoms with E-state index in [4.69, 9.17) is 4.74 Å². The Morgan fingerprint density at radius 2 is 1.85 bits per heavy atom. The number of aliphatic imine (C=N–C) groups is 1. The summed E-state index contributed by atoms with van der Waals surface area (Å²) in [7, 11) is 0. The van der Waals surface area contributed by atoms with Crippen LogP contribution in [-0.4, -0.2) is 17.0 Å². The maximum Gasteiger partial charge on any atom is 0.363 e. The number of hydrogen-bond donors (Lipinski definition) is 1. The van der Waals surface area contributed by atoms with Crippen LogP contribution >= 0.6 is 0 Å². The molecule has 4 heteroatoms. The Morgan fingerprint density at radius 1 is 1.05 bits per heavy atom. The van der Waals surface area contributed by atoms with Crippen LogP contribution in [0, 0.1) is 0 Å². The van der Waals surface area contributed by atoms with Gasteiger partial charge in [-0.15, -0.1) is 0 Å². The Labute approximate surface area is 115 Å². The topological polar surface area (TPSA) is 58.9 Å². The van der Waals surface area contributed by atoms with Crippen molar-refractivity contribution in [2.45, 2.75) is 0 Å². The zero-order valence-corrected chi connectivity index (χ0v) is 10.5. The van der Waals surface area contributed by atoms with Gasteiger partial charge in [0.25, 0.3) is 0 Å². The van der Waals surface area contributed by atoms with Crippen LogP contribution in [0.4, 0.5) is 0 Å². The number of carbonyl (C=O) groups is 1. The lowest BCUT2D eigenvalue weighted by molar-refractivity contribution is -0.129. The molecule has 0 saturated carbocycles. The van der Waals surface area contributed by atoms with Gasteiger partial charge in [-0.25, -0.2) is 9.79 Å². The third-order valence-electron chi connectivity index (χ3n) is 2.81. The summed E-state index contributed by atoms with van der Waals surface area (Å²) in [6.45, 7) is 0. The molecule has 2 aromatic rings. The first-order valence-corrected chi connectivity index (χ1v) is 6.09. The summed E-state index contributed by atoms with van der Waals surface area (Å²) >= 11 is 0. The van der Waals surface area contributed by atoms with Gasteiger partial charge in [-0.05, 0) is 35.9 Å². The Hall–Kier alpha value is -2.88. The van der Waals surface area contributed by atoms with Gasteiger partial charge in [0.1, 0.15) is 5.75 Å². The summed E-state index contributed by atoms with van der Waals surface area (Å²) in [6.07, 6.45) is 1.58. The molecule has 4 nitrogen and oxygen atoms in total. The van der Waals surface area contributed by atoms with E-state index in [1.807, 2.05) is 30.3 Å². The predicted molar refractivity (Wildman–Crippen MR) is 75.2 cm³/mol. The molecule has 0 saturated heterocycles. The minimum absolute atomic E-state index is 0.137. The third-order valence-corrected chi connectivity index (χ3v) is 2.81. The number of aromatic hydroxyl groups is 1. The third kappa shape index (κ3) is 2.44. The lowest BCUT2D eigenvalue weighted by atomic mass is 10.2. The van der Waals surface area contributed by atoms with E-state index in [0.717, 1.165) is 5.56 Å². The molecule has 20 heavy (non-hydrogen) atoms. The van der Waals surface area contributed by atoms with Crippen molar-refractivity contribution in [3.05, 3.63) is 71.4 Å². The highest BCUT2D eigenvalue weighted by Crippen LogP contribution is 2.20. The van der Waals surface area contributed by atoms with E-state index in [1.54, 1.807) is 30.3 Å². The average molecular weight is 265 g/mol. The van der Waals surface area contributed by atoms with Gasteiger partial charge in [0.15, 0.2) is 5.70 Å². The second-order valence-corrected chi connectivity index (χ2v) is 4.30. The molecule has 0 unspecified atom stereocenters. The second-order valence-electron chi connectivity index (χ2n) is 4.30. The summed E-state index contributed by atoms with van der Waals surface area (Å²) in [6, 6.07) is 15.8. The number of esters is 1. The molecule has 1 aliphatic heterocycles. The molecule has 3 rings (SSSR count). The number of rotatable bonds is 2. The first-order chi connectivity index (χ1) is 9.72. The van der Waals surface area contributed by atoms with Crippen LogP contribution in [0.5, 0.6) is 5.75 Å². The van der Waals surface area contributed by atoms with Crippen LogP contribution in [0.25, 0.3) is 6.08 Å². The van der Waals surface area contributed by atoms with Gasteiger partial charge in [0.05, 0.1) is 0 Å². The van der Waals surface area contributed by atoms with Gasteiger partial charge in [-0.1, -0.05) is 30.3 Å². The molecule has 1 aliphatic rings. The van der Waals surface area contributed by atoms with Gasteiger partial charge >= 0.3 is 5.97 Å². The van der Waals surface area contributed by atoms with E-state index in [9.17, 15) is 9.90 Å². The van der Waals surface area contributed by atoms with Crippen molar-refractivity contribution < 1.29 is 14.6 Å². The van der Waals surface area contributed by atoms with Crippen LogP contribution < -0.4 is 0 Å². The zero-order valence-electron chi connectivity index (χ0n) is 10.5. The number of hydrogen-bond acceptors (Lipinski definition) is 4. The first-order valence-electron chi connectivity index (χ1n) is 6.09. The number of cyclic esters (lactones) is 1. The highest BCUT2D eigenvalue weighted by molar-refractivity contribution is 6.12. The number of phenolic OH excluding ortho intramolecular Hbond substituents is 1. The van der Waals surface area contributed by atoms with Crippen LogP contribution in [0.2, 0.25) is 0 Å². The molecule has 0 amide bonds. The molecule has 0 bridgehead atoms. The summed E-state index contributed by atoms with van der Waals surface area (Å²) in [5, 5.41) is 9.40. The molecule has 0 atom stereocenters. The van der Waals surface area contributed by atoms with Gasteiger partial charge < -0.3 is 9.84 Å². The fourth-order valence-corrected chi connectivity index (χ4v) is 1.89. The first kappa shape index (κ1) is 12.2. The van der Waals surface area contributed by atoms with E-state index in [-0.39, 0.29) is 11.4 Å². The van der Waals surface area contributed by atoms with Crippen molar-refractivity contribution in [2.24, 2.45) is 4.99 Å². The van der Waals surface area contributed by atoms with E-state index in [0.29, 0.717) is 11.5 Å². The molecule has 1 N–H and O–H groups in total. The Bertz CT molecular complexity index is 718. The van der Waals surface area contributed by atoms with Crippen LogP contribution in [0.15, 0.2) is 65.3 Å². The normalized spacial score (nSPS) is 16.1. The van der Waals surface area contributed by atoms with Gasteiger partial charge in [-0.3, -0.25) is 0 Å². The summed E-state index contributed by atoms with van der Waals surface area (Å²) in [4.78, 5) is 16.0. The summed E-state index contributed by atoms with van der Waals surface area (Å²) in [5.74, 6) is -0.0628. The second kappa shape index (κ2) is 5.01. The van der Waals surface area contributed by atoms with Gasteiger partial charge in [0, 0.05) is 5.56 Å². The number of ether oxygens (including phenoxy) is 1. The average Bonchev–Trinajstić information content (AvgIpc) is 2.81. The van der Waals surface area contributed by atoms with Crippen molar-refractivity contribution in [2.75, 3.05) is 0 Å². The quantitative estimate of drug-likeness (QED) is 0.671. The highest BCUT2D eigenvalue weighted by Gasteiger charge is 2.23. The maximum absolute atomic E-state index is 11.8. The molecule has 1 heterocycles. The molecule has 98 valence electrons. The lowest BCUT2D eigenvalue weighted by Gasteiger charge is -1.97. The molecule has 2 aromatic carbocycles. The molecule has 0 radical (unpaired) electrons. The minimum Gasteiger partial charge on any atom is -0.508 e. The molecule has 0 aromatic heterocycles. The van der Waals surface area contributed by atoms with E-state index >= 15 is 0 Å². The highest BCUT2D eigenvalue weighted by atomic mass is 16.6. The van der Waals surface area contributed by atoms with Crippen molar-refractivity contribution in [3.63, 3.8) is 0 Å². The Morgan fingerprint density at radius 3 is 2.60 bits per heavy atom. The Kier molecular flexibility index (Phi) is 3.05. The van der Waals surface area contributed by atoms with Crippen molar-refractivity contribution >= 4 is 17.9 Å². The summed E-state index contributed by atoms with van der Waals surface area (Å²) in [5.41, 5.74) is 1.66. The lowest BCUT2D eigenvalue weighted by Crippen LogP contribution is -2.04. The van der Waals surface area contributed by atoms with Crippen LogP contribution in [0.1, 0.15) is 11.1 Å². The van der Waals surface area contributed by atoms with Crippen LogP contribution in [0.3, 0.4) is 0 Å². The van der Waals surface area contributed by atoms with Crippen molar-refractivity contribution in [1.29, 1.82) is 0 Å². The Balaban J connectivity index is 1.95. The predicted octanol–water partition coefficient (Wildman–Crippen LogP) is 2.74. The molecular formula is C16H11NO3. The standard InChI is InChI=1S/C16H11NO3/c18-13-8-4-5-11(9-13)10-14-16(19)20-15(17-14)12-6-2-1-3-7-12/h1-10,18H/b14-10+. The number of nitrogens with zero attached hydrogens (tertiary/aromatic N) is 1. The van der Waals surface area contributed by atoms with Crippen LogP contribution in [-0.2, 0) is 9.53 Å². The smallest absolute Gasteiger partial charge is 0.363 e. The SMILES string of the molecule is O=C1OC(c2ccccc2)=N/C1=C/c1cccc(O)c1. The molecular weight excluding hydrogens is 254 g/mol. The summed E-state index contributed by atoms with van der Waals surface area (Å²) < 4.78 is 5.14. The molecule has 0 fully saturated rings. The van der Waals surface area contributed by atoms with Crippen molar-refractivity contribution in [3.8, 4) is 5.75 Å². The number of carbonyl (C=O) groups excluding carboxylic acids is 1. The van der Waals surface area contributed by atoms with Crippen molar-refractivity contribution in [1.82, 2.24) is 0 Å². The van der Waals surface area contributed by atoms with E-state index in [1.165, 1.54) is 0 Å². The maximum atomic E-state index is 11.8. The fraction of sp³-hybridized carbons (Fsp3) is 0. The molecule has 0 spiro atoms. The zero-order chi connectivity index (χ0) is 13.9. The van der Waals surface area contributed by atoms with Gasteiger partial charge in [0.2, 0.25) is 5.90 Å². The molecule has 0 aliphatic carbocycles. The van der Waals surface area contributed by atoms with E-state index in [2.05, 4.69) is 4.99 Å². The largest absolute Gasteiger partial charge is 0.508 e. The van der Waals surface area contributed by atoms with Gasteiger partial charge in [-0.2, -0.15) is 0 Å². The number of benzene rings is 2. The fourth-order valence-electron chi connectivity index (χ4n) is 1.89. The minimum atomic E-state index is -0.493. The van der Waals surface area contributed by atoms with E-state index < -0.39 is 5.97 Å².